The molecule has 0 bridgehead atoms. The highest BCUT2D eigenvalue weighted by Gasteiger charge is 2.17. The fourth-order valence-electron chi connectivity index (χ4n) is 3.07. The molecule has 0 unspecified atom stereocenters. The van der Waals surface area contributed by atoms with Gasteiger partial charge in [-0.25, -0.2) is 4.68 Å². The minimum Gasteiger partial charge on any atom is -0.494 e. The Morgan fingerprint density at radius 2 is 1.84 bits per heavy atom. The van der Waals surface area contributed by atoms with E-state index in [4.69, 9.17) is 20.8 Å². The number of aryl methyl sites for hydroxylation is 1. The first-order chi connectivity index (χ1) is 15.4. The van der Waals surface area contributed by atoms with Gasteiger partial charge in [-0.15, -0.1) is 0 Å². The van der Waals surface area contributed by atoms with E-state index >= 15 is 0 Å². The van der Waals surface area contributed by atoms with Crippen LogP contribution in [0.3, 0.4) is 0 Å². The molecule has 0 saturated carbocycles. The molecule has 2 aromatic carbocycles. The molecule has 4 rings (SSSR count). The number of carbonyl (C=O) groups is 2. The minimum atomic E-state index is -0.469. The van der Waals surface area contributed by atoms with Gasteiger partial charge in [-0.2, -0.15) is 5.10 Å². The largest absolute Gasteiger partial charge is 0.494 e. The van der Waals surface area contributed by atoms with Crippen LogP contribution in [-0.2, 0) is 0 Å². The molecule has 0 fully saturated rings. The van der Waals surface area contributed by atoms with Crippen molar-refractivity contribution in [3.63, 3.8) is 0 Å². The molecule has 0 aliphatic rings. The van der Waals surface area contributed by atoms with E-state index in [2.05, 4.69) is 15.7 Å². The molecule has 2 heterocycles. The van der Waals surface area contributed by atoms with Crippen molar-refractivity contribution in [1.82, 2.24) is 9.78 Å². The number of hydrogen-bond donors (Lipinski definition) is 2. The zero-order valence-electron chi connectivity index (χ0n) is 17.3. The number of halogens is 1. The molecule has 4 aromatic rings. The lowest BCUT2D eigenvalue weighted by atomic mass is 10.2. The second-order valence-electron chi connectivity index (χ2n) is 6.90. The summed E-state index contributed by atoms with van der Waals surface area (Å²) >= 11 is 6.08. The zero-order chi connectivity index (χ0) is 22.7. The first-order valence-electron chi connectivity index (χ1n) is 9.61. The van der Waals surface area contributed by atoms with Gasteiger partial charge in [0.15, 0.2) is 11.5 Å². The summed E-state index contributed by atoms with van der Waals surface area (Å²) in [5.74, 6) is -0.158. The van der Waals surface area contributed by atoms with Gasteiger partial charge in [0.05, 0.1) is 24.7 Å². The summed E-state index contributed by atoms with van der Waals surface area (Å²) in [4.78, 5) is 25.2. The van der Waals surface area contributed by atoms with Crippen molar-refractivity contribution in [2.24, 2.45) is 0 Å². The van der Waals surface area contributed by atoms with Crippen LogP contribution in [0, 0.1) is 6.92 Å². The van der Waals surface area contributed by atoms with E-state index in [1.165, 1.54) is 18.4 Å². The average molecular weight is 451 g/mol. The molecule has 32 heavy (non-hydrogen) atoms. The number of nitrogens with one attached hydrogen (secondary N) is 2. The Kier molecular flexibility index (Phi) is 5.96. The Bertz CT molecular complexity index is 1280. The van der Waals surface area contributed by atoms with Crippen molar-refractivity contribution in [2.45, 2.75) is 6.92 Å². The maximum atomic E-state index is 12.8. The number of carbonyl (C=O) groups excluding carboxylic acids is 2. The van der Waals surface area contributed by atoms with E-state index in [1.54, 1.807) is 42.3 Å². The standard InChI is InChI=1S/C23H19ClN4O4/c1-14-5-8-20(31-2)19(12-14)28-10-9-17(27-28)22(29)25-16-7-6-15(24)13-18(16)26-23(30)21-4-3-11-32-21/h3-13H,1-2H3,(H,25,29)(H,26,30). The van der Waals surface area contributed by atoms with Crippen molar-refractivity contribution in [3.8, 4) is 11.4 Å². The van der Waals surface area contributed by atoms with Crippen LogP contribution in [-0.4, -0.2) is 28.7 Å². The number of hydrogen-bond acceptors (Lipinski definition) is 5. The van der Waals surface area contributed by atoms with Gasteiger partial charge in [0.2, 0.25) is 0 Å². The van der Waals surface area contributed by atoms with Crippen molar-refractivity contribution >= 4 is 34.8 Å². The highest BCUT2D eigenvalue weighted by molar-refractivity contribution is 6.31. The molecule has 0 atom stereocenters. The molecule has 0 spiro atoms. The molecule has 0 saturated heterocycles. The highest BCUT2D eigenvalue weighted by atomic mass is 35.5. The summed E-state index contributed by atoms with van der Waals surface area (Å²) < 4.78 is 12.1. The first-order valence-corrected chi connectivity index (χ1v) is 9.99. The fraction of sp³-hybridized carbons (Fsp3) is 0.0870. The average Bonchev–Trinajstić information content (AvgIpc) is 3.48. The lowest BCUT2D eigenvalue weighted by molar-refractivity contribution is 0.0992. The van der Waals surface area contributed by atoms with Gasteiger partial charge < -0.3 is 19.8 Å². The number of methoxy groups -OCH3 is 1. The molecule has 162 valence electrons. The van der Waals surface area contributed by atoms with Gasteiger partial charge >= 0.3 is 0 Å². The Balaban J connectivity index is 1.56. The molecule has 2 aromatic heterocycles. The third-order valence-corrected chi connectivity index (χ3v) is 4.86. The van der Waals surface area contributed by atoms with Gasteiger partial charge in [0.25, 0.3) is 11.8 Å². The first kappa shape index (κ1) is 21.2. The second-order valence-corrected chi connectivity index (χ2v) is 7.33. The SMILES string of the molecule is COc1ccc(C)cc1-n1ccc(C(=O)Nc2ccc(Cl)cc2NC(=O)c2ccco2)n1. The van der Waals surface area contributed by atoms with Crippen molar-refractivity contribution in [3.05, 3.63) is 89.1 Å². The van der Waals surface area contributed by atoms with Crippen LogP contribution >= 0.6 is 11.6 Å². The molecule has 2 N–H and O–H groups in total. The van der Waals surface area contributed by atoms with Crippen LogP contribution in [0.15, 0.2) is 71.5 Å². The lowest BCUT2D eigenvalue weighted by Crippen LogP contribution is -2.17. The number of anilines is 2. The maximum Gasteiger partial charge on any atom is 0.291 e. The lowest BCUT2D eigenvalue weighted by Gasteiger charge is -2.12. The van der Waals surface area contributed by atoms with Crippen molar-refractivity contribution in [2.75, 3.05) is 17.7 Å². The van der Waals surface area contributed by atoms with E-state index < -0.39 is 11.8 Å². The molecule has 2 amide bonds. The third-order valence-electron chi connectivity index (χ3n) is 4.63. The Morgan fingerprint density at radius 1 is 1.03 bits per heavy atom. The number of rotatable bonds is 6. The third kappa shape index (κ3) is 4.50. The number of aromatic nitrogens is 2. The number of nitrogens with zero attached hydrogens (tertiary/aromatic N) is 2. The van der Waals surface area contributed by atoms with Crippen LogP contribution in [0.4, 0.5) is 11.4 Å². The van der Waals surface area contributed by atoms with Crippen LogP contribution in [0.2, 0.25) is 5.02 Å². The summed E-state index contributed by atoms with van der Waals surface area (Å²) in [5.41, 5.74) is 2.62. The summed E-state index contributed by atoms with van der Waals surface area (Å²) in [5, 5.41) is 10.2. The monoisotopic (exact) mass is 450 g/mol. The molecule has 0 radical (unpaired) electrons. The van der Waals surface area contributed by atoms with E-state index in [0.717, 1.165) is 5.56 Å². The zero-order valence-corrected chi connectivity index (χ0v) is 18.0. The smallest absolute Gasteiger partial charge is 0.291 e. The second kappa shape index (κ2) is 8.99. The van der Waals surface area contributed by atoms with Crippen LogP contribution in [0.25, 0.3) is 5.69 Å². The Morgan fingerprint density at radius 3 is 2.59 bits per heavy atom. The van der Waals surface area contributed by atoms with E-state index in [1.807, 2.05) is 25.1 Å². The van der Waals surface area contributed by atoms with Gasteiger partial charge in [-0.1, -0.05) is 17.7 Å². The molecule has 8 nitrogen and oxygen atoms in total. The van der Waals surface area contributed by atoms with Gasteiger partial charge in [-0.05, 0) is 61.0 Å². The quantitative estimate of drug-likeness (QED) is 0.433. The van der Waals surface area contributed by atoms with Gasteiger partial charge in [0.1, 0.15) is 11.4 Å². The maximum absolute atomic E-state index is 12.8. The highest BCUT2D eigenvalue weighted by Crippen LogP contribution is 2.27. The van der Waals surface area contributed by atoms with Crippen molar-refractivity contribution < 1.29 is 18.7 Å². The van der Waals surface area contributed by atoms with Gasteiger partial charge in [0, 0.05) is 11.2 Å². The van der Waals surface area contributed by atoms with Crippen LogP contribution in [0.5, 0.6) is 5.75 Å². The topological polar surface area (TPSA) is 98.4 Å². The van der Waals surface area contributed by atoms with E-state index in [-0.39, 0.29) is 11.5 Å². The predicted octanol–water partition coefficient (Wildman–Crippen LogP) is 4.94. The Hall–Kier alpha value is -4.04. The normalized spacial score (nSPS) is 10.6. The van der Waals surface area contributed by atoms with E-state index in [9.17, 15) is 9.59 Å². The van der Waals surface area contributed by atoms with Crippen LogP contribution < -0.4 is 15.4 Å². The Labute approximate surface area is 188 Å². The predicted molar refractivity (Wildman–Crippen MR) is 121 cm³/mol. The van der Waals surface area contributed by atoms with Crippen LogP contribution in [0.1, 0.15) is 26.6 Å². The molecular formula is C23H19ClN4O4. The van der Waals surface area contributed by atoms with E-state index in [0.29, 0.717) is 27.8 Å². The number of amides is 2. The number of furan rings is 1. The summed E-state index contributed by atoms with van der Waals surface area (Å²) in [7, 11) is 1.57. The van der Waals surface area contributed by atoms with Gasteiger partial charge in [-0.3, -0.25) is 9.59 Å². The number of ether oxygens (including phenoxy) is 1. The molecule has 9 heteroatoms. The number of benzene rings is 2. The summed E-state index contributed by atoms with van der Waals surface area (Å²) in [6.07, 6.45) is 3.07. The van der Waals surface area contributed by atoms with Crippen molar-refractivity contribution in [1.29, 1.82) is 0 Å². The molecular weight excluding hydrogens is 432 g/mol. The minimum absolute atomic E-state index is 0.132. The fourth-order valence-corrected chi connectivity index (χ4v) is 3.24. The summed E-state index contributed by atoms with van der Waals surface area (Å²) in [6, 6.07) is 15.2. The molecule has 0 aliphatic carbocycles. The summed E-state index contributed by atoms with van der Waals surface area (Å²) in [6.45, 7) is 1.96. The molecule has 0 aliphatic heterocycles.